The molecule has 3 rings (SSSR count). The van der Waals surface area contributed by atoms with E-state index in [1.807, 2.05) is 0 Å². The van der Waals surface area contributed by atoms with E-state index >= 15 is 0 Å². The van der Waals surface area contributed by atoms with Crippen molar-refractivity contribution in [2.75, 3.05) is 26.4 Å². The second kappa shape index (κ2) is 8.64. The summed E-state index contributed by atoms with van der Waals surface area (Å²) in [6.45, 7) is 0.988. The van der Waals surface area contributed by atoms with Crippen LogP contribution in [0, 0.1) is 5.41 Å². The Morgan fingerprint density at radius 1 is 1.41 bits per heavy atom. The first-order valence-corrected chi connectivity index (χ1v) is 10.1. The lowest BCUT2D eigenvalue weighted by molar-refractivity contribution is -0.162. The van der Waals surface area contributed by atoms with Crippen LogP contribution in [-0.2, 0) is 29.1 Å². The molecule has 1 aromatic rings. The molecular formula is C15H22N4O9S. The minimum Gasteiger partial charge on any atom is -0.468 e. The number of hydrogen-bond donors (Lipinski definition) is 4. The summed E-state index contributed by atoms with van der Waals surface area (Å²) < 4.78 is 44.2. The Morgan fingerprint density at radius 3 is 2.76 bits per heavy atom. The largest absolute Gasteiger partial charge is 0.468 e. The van der Waals surface area contributed by atoms with Gasteiger partial charge in [-0.1, -0.05) is 0 Å². The fraction of sp³-hybridized carbons (Fsp3) is 0.600. The van der Waals surface area contributed by atoms with Crippen LogP contribution in [0.5, 0.6) is 0 Å². The highest BCUT2D eigenvalue weighted by Crippen LogP contribution is 2.41. The van der Waals surface area contributed by atoms with E-state index in [1.54, 1.807) is 17.6 Å². The van der Waals surface area contributed by atoms with E-state index in [4.69, 9.17) is 24.3 Å². The lowest BCUT2D eigenvalue weighted by Crippen LogP contribution is -2.62. The van der Waals surface area contributed by atoms with Gasteiger partial charge in [-0.05, 0) is 25.0 Å². The quantitative estimate of drug-likeness (QED) is 0.315. The molecule has 162 valence electrons. The maximum atomic E-state index is 12.6. The number of nitrogens with zero attached hydrogens (tertiary/aromatic N) is 1. The van der Waals surface area contributed by atoms with Crippen LogP contribution in [-0.4, -0.2) is 62.2 Å². The second-order valence-corrected chi connectivity index (χ2v) is 8.00. The van der Waals surface area contributed by atoms with Gasteiger partial charge in [0.15, 0.2) is 0 Å². The Kier molecular flexibility index (Phi) is 6.40. The highest BCUT2D eigenvalue weighted by atomic mass is 32.3. The molecule has 2 aliphatic rings. The molecule has 1 spiro atoms. The van der Waals surface area contributed by atoms with Gasteiger partial charge in [0.25, 0.3) is 5.91 Å². The van der Waals surface area contributed by atoms with Gasteiger partial charge in [-0.2, -0.15) is 13.9 Å². The number of ether oxygens (including phenoxy) is 1. The number of hydrogen-bond acceptors (Lipinski definition) is 9. The number of carbonyl (C=O) groups excluding carboxylic acids is 2. The molecule has 13 nitrogen and oxygen atoms in total. The van der Waals surface area contributed by atoms with Crippen molar-refractivity contribution in [1.29, 1.82) is 0 Å². The van der Waals surface area contributed by atoms with Crippen molar-refractivity contribution >= 4 is 22.3 Å². The maximum absolute atomic E-state index is 12.6. The summed E-state index contributed by atoms with van der Waals surface area (Å²) in [7, 11) is -4.88. The van der Waals surface area contributed by atoms with Crippen molar-refractivity contribution in [2.45, 2.75) is 24.9 Å². The van der Waals surface area contributed by atoms with E-state index in [1.165, 1.54) is 6.26 Å². The van der Waals surface area contributed by atoms with Gasteiger partial charge in [0, 0.05) is 12.0 Å². The van der Waals surface area contributed by atoms with Gasteiger partial charge in [-0.25, -0.2) is 10.3 Å². The number of hydroxylamine groups is 2. The third kappa shape index (κ3) is 5.43. The van der Waals surface area contributed by atoms with Gasteiger partial charge >= 0.3 is 16.4 Å². The fourth-order valence-corrected chi connectivity index (χ4v) is 3.44. The first-order chi connectivity index (χ1) is 13.7. The molecule has 5 N–H and O–H groups in total. The normalized spacial score (nSPS) is 22.0. The Bertz CT molecular complexity index is 825. The van der Waals surface area contributed by atoms with Crippen LogP contribution in [0.4, 0.5) is 4.79 Å². The Hall–Kier alpha value is -2.23. The smallest absolute Gasteiger partial charge is 0.418 e. The number of nitrogens with two attached hydrogens (primary N) is 1. The van der Waals surface area contributed by atoms with Crippen molar-refractivity contribution in [3.63, 3.8) is 0 Å². The Morgan fingerprint density at radius 2 is 2.17 bits per heavy atom. The molecule has 2 aliphatic heterocycles. The summed E-state index contributed by atoms with van der Waals surface area (Å²) >= 11 is 0. The summed E-state index contributed by atoms with van der Waals surface area (Å²) in [5, 5.41) is 0. The predicted molar refractivity (Wildman–Crippen MR) is 93.9 cm³/mol. The van der Waals surface area contributed by atoms with Crippen LogP contribution >= 0.6 is 0 Å². The van der Waals surface area contributed by atoms with E-state index in [0.29, 0.717) is 25.4 Å². The lowest BCUT2D eigenvalue weighted by atomic mass is 9.73. The van der Waals surface area contributed by atoms with Crippen molar-refractivity contribution in [3.05, 3.63) is 24.2 Å². The molecule has 2 atom stereocenters. The SMILES string of the molecule is NC(CONC(=O)[C@@H]1CC2(CCN1C(=O)NOS(=O)(=O)O)COC2)c1ccco1. The molecule has 0 radical (unpaired) electrons. The van der Waals surface area contributed by atoms with Crippen LogP contribution in [0.25, 0.3) is 0 Å². The minimum atomic E-state index is -4.88. The molecule has 0 aromatic carbocycles. The lowest BCUT2D eigenvalue weighted by Gasteiger charge is -2.49. The van der Waals surface area contributed by atoms with Gasteiger partial charge in [-0.15, -0.1) is 4.28 Å². The third-order valence-corrected chi connectivity index (χ3v) is 5.14. The molecule has 0 bridgehead atoms. The van der Waals surface area contributed by atoms with Crippen LogP contribution in [0.2, 0.25) is 0 Å². The summed E-state index contributed by atoms with van der Waals surface area (Å²) in [4.78, 5) is 31.1. The summed E-state index contributed by atoms with van der Waals surface area (Å²) in [6.07, 6.45) is 2.30. The summed E-state index contributed by atoms with van der Waals surface area (Å²) in [5.74, 6) is -0.143. The molecule has 3 amide bonds. The molecular weight excluding hydrogens is 412 g/mol. The van der Waals surface area contributed by atoms with Gasteiger partial charge in [0.05, 0.1) is 32.1 Å². The minimum absolute atomic E-state index is 0.0711. The number of nitrogens with one attached hydrogen (secondary N) is 2. The van der Waals surface area contributed by atoms with E-state index in [0.717, 1.165) is 4.90 Å². The van der Waals surface area contributed by atoms with E-state index < -0.39 is 34.4 Å². The van der Waals surface area contributed by atoms with Crippen molar-refractivity contribution in [1.82, 2.24) is 15.9 Å². The molecule has 2 saturated heterocycles. The monoisotopic (exact) mass is 434 g/mol. The third-order valence-electron chi connectivity index (χ3n) is 4.84. The number of furan rings is 1. The molecule has 1 unspecified atom stereocenters. The van der Waals surface area contributed by atoms with Gasteiger partial charge in [0.1, 0.15) is 11.8 Å². The summed E-state index contributed by atoms with van der Waals surface area (Å²) in [5.41, 5.74) is 9.49. The van der Waals surface area contributed by atoms with Gasteiger partial charge in [0.2, 0.25) is 0 Å². The standard InChI is InChI=1S/C15H22N4O9S/c16-10(12-2-1-5-26-12)7-27-17-13(20)11-6-15(8-25-9-15)3-4-19(11)14(21)18-28-29(22,23)24/h1-2,5,10-11H,3-4,6-9,16H2,(H,17,20)(H,18,21)(H,22,23,24)/t10?,11-/m0/s1. The molecule has 3 heterocycles. The van der Waals surface area contributed by atoms with Crippen LogP contribution in [0.3, 0.4) is 0 Å². The number of carbonyl (C=O) groups is 2. The molecule has 0 aliphatic carbocycles. The first kappa shape index (κ1) is 21.5. The molecule has 1 aromatic heterocycles. The van der Waals surface area contributed by atoms with Crippen LogP contribution in [0.1, 0.15) is 24.6 Å². The number of piperidine rings is 1. The zero-order valence-electron chi connectivity index (χ0n) is 15.3. The average Bonchev–Trinajstić information content (AvgIpc) is 3.18. The highest BCUT2D eigenvalue weighted by Gasteiger charge is 2.48. The topological polar surface area (TPSA) is 183 Å². The predicted octanol–water partition coefficient (Wildman–Crippen LogP) is -0.748. The number of amides is 3. The first-order valence-electron chi connectivity index (χ1n) is 8.70. The van der Waals surface area contributed by atoms with Crippen LogP contribution in [0.15, 0.2) is 22.8 Å². The highest BCUT2D eigenvalue weighted by molar-refractivity contribution is 7.80. The number of urea groups is 1. The van der Waals surface area contributed by atoms with E-state index in [-0.39, 0.29) is 25.0 Å². The average molecular weight is 434 g/mol. The Labute approximate surface area is 166 Å². The van der Waals surface area contributed by atoms with E-state index in [2.05, 4.69) is 9.76 Å². The van der Waals surface area contributed by atoms with E-state index in [9.17, 15) is 18.0 Å². The Balaban J connectivity index is 1.59. The van der Waals surface area contributed by atoms with Crippen LogP contribution < -0.4 is 16.7 Å². The number of likely N-dealkylation sites (tertiary alicyclic amines) is 1. The molecule has 0 saturated carbocycles. The molecule has 2 fully saturated rings. The number of rotatable bonds is 7. The van der Waals surface area contributed by atoms with Crippen molar-refractivity contribution in [2.24, 2.45) is 11.1 Å². The molecule has 14 heteroatoms. The van der Waals surface area contributed by atoms with Gasteiger partial charge in [-0.3, -0.25) is 14.2 Å². The van der Waals surface area contributed by atoms with Gasteiger partial charge < -0.3 is 19.8 Å². The second-order valence-electron chi connectivity index (χ2n) is 6.97. The zero-order valence-corrected chi connectivity index (χ0v) is 16.1. The van der Waals surface area contributed by atoms with Crippen molar-refractivity contribution < 1.29 is 40.8 Å². The fourth-order valence-electron chi connectivity index (χ4n) is 3.27. The summed E-state index contributed by atoms with van der Waals surface area (Å²) in [6, 6.07) is 0.757. The molecule has 29 heavy (non-hydrogen) atoms. The maximum Gasteiger partial charge on any atom is 0.418 e. The van der Waals surface area contributed by atoms with Crippen molar-refractivity contribution in [3.8, 4) is 0 Å². The zero-order chi connectivity index (χ0) is 21.1.